The predicted molar refractivity (Wildman–Crippen MR) is 84.9 cm³/mol. The number of benzene rings is 1. The second kappa shape index (κ2) is 6.02. The van der Waals surface area contributed by atoms with Crippen molar-refractivity contribution < 1.29 is 0 Å². The zero-order valence-corrected chi connectivity index (χ0v) is 13.2. The number of fused-ring (bicyclic) bond motifs is 1. The summed E-state index contributed by atoms with van der Waals surface area (Å²) < 4.78 is 1.30. The molecule has 0 fully saturated rings. The number of nitrogens with zero attached hydrogens (tertiary/aromatic N) is 1. The molecule has 3 heteroatoms. The molecule has 104 valence electrons. The molecule has 0 spiro atoms. The third-order valence-electron chi connectivity index (χ3n) is 3.71. The van der Waals surface area contributed by atoms with E-state index in [0.29, 0.717) is 6.04 Å². The molecule has 0 bridgehead atoms. The Kier molecular flexibility index (Phi) is 4.58. The monoisotopic (exact) mass is 276 g/mol. The highest BCUT2D eigenvalue weighted by molar-refractivity contribution is 7.18. The van der Waals surface area contributed by atoms with Crippen LogP contribution in [-0.2, 0) is 6.42 Å². The molecule has 0 saturated carbocycles. The van der Waals surface area contributed by atoms with Crippen molar-refractivity contribution in [2.75, 3.05) is 6.54 Å². The summed E-state index contributed by atoms with van der Waals surface area (Å²) in [6.07, 6.45) is 2.23. The van der Waals surface area contributed by atoms with Crippen molar-refractivity contribution in [1.82, 2.24) is 10.3 Å². The molecule has 0 saturated heterocycles. The smallest absolute Gasteiger partial charge is 0.0944 e. The highest BCUT2D eigenvalue weighted by Crippen LogP contribution is 2.30. The van der Waals surface area contributed by atoms with Gasteiger partial charge in [0.1, 0.15) is 0 Å². The number of hydrogen-bond acceptors (Lipinski definition) is 3. The minimum atomic E-state index is 0.290. The predicted octanol–water partition coefficient (Wildman–Crippen LogP) is 4.25. The number of aromatic nitrogens is 1. The third kappa shape index (κ3) is 3.77. The SMILES string of the molecule is CCC(C)(CNC(C)C)Cc1nc2ccccc2s1. The van der Waals surface area contributed by atoms with Crippen molar-refractivity contribution in [3.8, 4) is 0 Å². The van der Waals surface area contributed by atoms with Gasteiger partial charge in [0.2, 0.25) is 0 Å². The number of para-hydroxylation sites is 1. The maximum atomic E-state index is 4.76. The van der Waals surface area contributed by atoms with E-state index >= 15 is 0 Å². The number of nitrogens with one attached hydrogen (secondary N) is 1. The first-order valence-electron chi connectivity index (χ1n) is 7.10. The van der Waals surface area contributed by atoms with Crippen LogP contribution in [0.15, 0.2) is 24.3 Å². The van der Waals surface area contributed by atoms with Gasteiger partial charge in [0.25, 0.3) is 0 Å². The lowest BCUT2D eigenvalue weighted by Crippen LogP contribution is -2.36. The first-order chi connectivity index (χ1) is 9.02. The van der Waals surface area contributed by atoms with Gasteiger partial charge >= 0.3 is 0 Å². The Morgan fingerprint density at radius 1 is 1.32 bits per heavy atom. The van der Waals surface area contributed by atoms with Crippen LogP contribution >= 0.6 is 11.3 Å². The topological polar surface area (TPSA) is 24.9 Å². The minimum Gasteiger partial charge on any atom is -0.314 e. The molecular weight excluding hydrogens is 252 g/mol. The van der Waals surface area contributed by atoms with Gasteiger partial charge in [-0.05, 0) is 24.0 Å². The largest absolute Gasteiger partial charge is 0.314 e. The lowest BCUT2D eigenvalue weighted by molar-refractivity contribution is 0.281. The van der Waals surface area contributed by atoms with Crippen molar-refractivity contribution in [2.45, 2.75) is 46.6 Å². The number of hydrogen-bond donors (Lipinski definition) is 1. The summed E-state index contributed by atoms with van der Waals surface area (Å²) in [6, 6.07) is 8.95. The van der Waals surface area contributed by atoms with Crippen LogP contribution < -0.4 is 5.32 Å². The van der Waals surface area contributed by atoms with E-state index in [9.17, 15) is 0 Å². The molecule has 0 aliphatic rings. The van der Waals surface area contributed by atoms with E-state index in [1.165, 1.54) is 16.1 Å². The average molecular weight is 276 g/mol. The van der Waals surface area contributed by atoms with E-state index in [2.05, 4.69) is 57.3 Å². The molecule has 2 nitrogen and oxygen atoms in total. The highest BCUT2D eigenvalue weighted by Gasteiger charge is 2.24. The van der Waals surface area contributed by atoms with Crippen molar-refractivity contribution in [3.05, 3.63) is 29.3 Å². The van der Waals surface area contributed by atoms with Crippen LogP contribution in [0.25, 0.3) is 10.2 Å². The summed E-state index contributed by atoms with van der Waals surface area (Å²) in [5.41, 5.74) is 1.43. The van der Waals surface area contributed by atoms with E-state index in [1.807, 2.05) is 11.3 Å². The van der Waals surface area contributed by atoms with E-state index in [-0.39, 0.29) is 5.41 Å². The van der Waals surface area contributed by atoms with Crippen LogP contribution in [0.5, 0.6) is 0 Å². The van der Waals surface area contributed by atoms with Crippen LogP contribution in [0, 0.1) is 5.41 Å². The van der Waals surface area contributed by atoms with Crippen molar-refractivity contribution in [2.24, 2.45) is 5.41 Å². The first-order valence-corrected chi connectivity index (χ1v) is 7.92. The fourth-order valence-electron chi connectivity index (χ4n) is 2.12. The van der Waals surface area contributed by atoms with Gasteiger partial charge in [0.05, 0.1) is 15.2 Å². The molecule has 1 aromatic heterocycles. The quantitative estimate of drug-likeness (QED) is 0.853. The second-order valence-electron chi connectivity index (χ2n) is 5.95. The van der Waals surface area contributed by atoms with Gasteiger partial charge in [0, 0.05) is 19.0 Å². The molecule has 0 radical (unpaired) electrons. The Bertz CT molecular complexity index is 499. The molecule has 0 amide bonds. The van der Waals surface area contributed by atoms with Crippen molar-refractivity contribution in [1.29, 1.82) is 0 Å². The van der Waals surface area contributed by atoms with E-state index in [4.69, 9.17) is 4.98 Å². The molecule has 2 rings (SSSR count). The molecule has 1 heterocycles. The molecule has 1 aromatic carbocycles. The Hall–Kier alpha value is -0.930. The fourth-order valence-corrected chi connectivity index (χ4v) is 3.31. The van der Waals surface area contributed by atoms with E-state index in [0.717, 1.165) is 18.5 Å². The number of rotatable bonds is 6. The van der Waals surface area contributed by atoms with Gasteiger partial charge in [-0.3, -0.25) is 0 Å². The summed E-state index contributed by atoms with van der Waals surface area (Å²) in [5, 5.41) is 4.83. The molecule has 0 aliphatic heterocycles. The fraction of sp³-hybridized carbons (Fsp3) is 0.562. The van der Waals surface area contributed by atoms with Crippen LogP contribution in [-0.4, -0.2) is 17.6 Å². The lowest BCUT2D eigenvalue weighted by Gasteiger charge is -2.28. The molecule has 2 aromatic rings. The summed E-state index contributed by atoms with van der Waals surface area (Å²) in [7, 11) is 0. The summed E-state index contributed by atoms with van der Waals surface area (Å²) in [5.74, 6) is 0. The second-order valence-corrected chi connectivity index (χ2v) is 7.07. The minimum absolute atomic E-state index is 0.290. The highest BCUT2D eigenvalue weighted by atomic mass is 32.1. The van der Waals surface area contributed by atoms with Crippen molar-refractivity contribution >= 4 is 21.6 Å². The van der Waals surface area contributed by atoms with Gasteiger partial charge in [-0.15, -0.1) is 11.3 Å². The Morgan fingerprint density at radius 3 is 2.68 bits per heavy atom. The Labute approximate surface area is 120 Å². The van der Waals surface area contributed by atoms with Gasteiger partial charge in [-0.25, -0.2) is 4.98 Å². The maximum absolute atomic E-state index is 4.76. The lowest BCUT2D eigenvalue weighted by atomic mass is 9.84. The van der Waals surface area contributed by atoms with Crippen molar-refractivity contribution in [3.63, 3.8) is 0 Å². The standard InChI is InChI=1S/C16H24N2S/c1-5-16(4,11-17-12(2)3)10-15-18-13-8-6-7-9-14(13)19-15/h6-9,12,17H,5,10-11H2,1-4H3. The van der Waals surface area contributed by atoms with Crippen LogP contribution in [0.2, 0.25) is 0 Å². The van der Waals surface area contributed by atoms with Gasteiger partial charge in [-0.1, -0.05) is 39.8 Å². The number of thiazole rings is 1. The maximum Gasteiger partial charge on any atom is 0.0944 e. The molecule has 1 unspecified atom stereocenters. The van der Waals surface area contributed by atoms with Gasteiger partial charge in [-0.2, -0.15) is 0 Å². The normalized spacial score (nSPS) is 15.0. The molecule has 1 N–H and O–H groups in total. The summed E-state index contributed by atoms with van der Waals surface area (Å²) in [6.45, 7) is 10.1. The van der Waals surface area contributed by atoms with Crippen LogP contribution in [0.4, 0.5) is 0 Å². The third-order valence-corrected chi connectivity index (χ3v) is 4.74. The average Bonchev–Trinajstić information content (AvgIpc) is 2.78. The molecular formula is C16H24N2S. The van der Waals surface area contributed by atoms with Gasteiger partial charge < -0.3 is 5.32 Å². The first kappa shape index (κ1) is 14.5. The zero-order valence-electron chi connectivity index (χ0n) is 12.4. The zero-order chi connectivity index (χ0) is 13.9. The van der Waals surface area contributed by atoms with Crippen LogP contribution in [0.1, 0.15) is 39.1 Å². The summed E-state index contributed by atoms with van der Waals surface area (Å²) >= 11 is 1.83. The summed E-state index contributed by atoms with van der Waals surface area (Å²) in [4.78, 5) is 4.76. The van der Waals surface area contributed by atoms with E-state index < -0.39 is 0 Å². The Morgan fingerprint density at radius 2 is 2.05 bits per heavy atom. The molecule has 1 atom stereocenters. The molecule has 19 heavy (non-hydrogen) atoms. The molecule has 0 aliphatic carbocycles. The van der Waals surface area contributed by atoms with Gasteiger partial charge in [0.15, 0.2) is 0 Å². The van der Waals surface area contributed by atoms with Crippen LogP contribution in [0.3, 0.4) is 0 Å². The Balaban J connectivity index is 2.12. The van der Waals surface area contributed by atoms with E-state index in [1.54, 1.807) is 0 Å².